The monoisotopic (exact) mass is 253 g/mol. The van der Waals surface area contributed by atoms with Crippen molar-refractivity contribution in [3.8, 4) is 0 Å². The van der Waals surface area contributed by atoms with Gasteiger partial charge in [0.1, 0.15) is 0 Å². The van der Waals surface area contributed by atoms with Crippen LogP contribution in [-0.2, 0) is 0 Å². The van der Waals surface area contributed by atoms with Gasteiger partial charge in [-0.1, -0.05) is 41.5 Å². The molecule has 0 spiro atoms. The van der Waals surface area contributed by atoms with Gasteiger partial charge in [-0.3, -0.25) is 0 Å². The van der Waals surface area contributed by atoms with E-state index in [-0.39, 0.29) is 6.04 Å². The average Bonchev–Trinajstić information content (AvgIpc) is 2.93. The number of fused-ring (bicyclic) bond motifs is 2. The molecule has 5 nitrogen and oxygen atoms in total. The summed E-state index contributed by atoms with van der Waals surface area (Å²) in [5, 5.41) is 15.4. The van der Waals surface area contributed by atoms with Gasteiger partial charge in [0.25, 0.3) is 0 Å². The smallest absolute Gasteiger partial charge is 0.247 e. The van der Waals surface area contributed by atoms with Crippen molar-refractivity contribution in [2.24, 2.45) is 5.92 Å². The van der Waals surface area contributed by atoms with Gasteiger partial charge in [-0.05, 0) is 35.3 Å². The second kappa shape index (κ2) is 4.19. The molecule has 2 aromatic rings. The van der Waals surface area contributed by atoms with Gasteiger partial charge in [0.15, 0.2) is 0 Å². The van der Waals surface area contributed by atoms with Crippen molar-refractivity contribution >= 4 is 5.95 Å². The number of nitrogens with zero attached hydrogens (tertiary/aromatic N) is 4. The lowest BCUT2D eigenvalue weighted by Crippen LogP contribution is -2.33. The first kappa shape index (κ1) is 10.7. The molecule has 0 unspecified atom stereocenters. The van der Waals surface area contributed by atoms with Crippen molar-refractivity contribution in [3.05, 3.63) is 47.7 Å². The summed E-state index contributed by atoms with van der Waals surface area (Å²) in [5.74, 6) is 1.20. The Morgan fingerprint density at radius 1 is 1.21 bits per heavy atom. The second-order valence-corrected chi connectivity index (χ2v) is 5.12. The molecule has 4 rings (SSSR count). The Balaban J connectivity index is 1.87. The molecule has 0 radical (unpaired) electrons. The van der Waals surface area contributed by atoms with Crippen molar-refractivity contribution in [1.29, 1.82) is 0 Å². The summed E-state index contributed by atoms with van der Waals surface area (Å²) < 4.78 is 1.92. The maximum absolute atomic E-state index is 4.17. The fraction of sp³-hybridized carbons (Fsp3) is 0.357. The maximum Gasteiger partial charge on any atom is 0.247 e. The van der Waals surface area contributed by atoms with Crippen LogP contribution in [0, 0.1) is 5.92 Å². The quantitative estimate of drug-likeness (QED) is 0.847. The minimum absolute atomic E-state index is 0.207. The molecule has 19 heavy (non-hydrogen) atoms. The molecule has 1 aromatic carbocycles. The lowest BCUT2D eigenvalue weighted by atomic mass is 9.82. The zero-order valence-electron chi connectivity index (χ0n) is 10.5. The third kappa shape index (κ3) is 1.65. The molecule has 1 N–H and O–H groups in total. The van der Waals surface area contributed by atoms with Crippen LogP contribution in [0.1, 0.15) is 30.9 Å². The summed E-state index contributed by atoms with van der Waals surface area (Å²) in [6, 6.07) is 10.7. The SMILES string of the molecule is C1=C2Nc3nnnn3[C@@H](c3ccccc3)[C@@H]2CCC1. The Labute approximate surface area is 111 Å². The lowest BCUT2D eigenvalue weighted by Gasteiger charge is -2.36. The first-order valence-electron chi connectivity index (χ1n) is 6.73. The maximum atomic E-state index is 4.17. The highest BCUT2D eigenvalue weighted by atomic mass is 15.6. The first-order chi connectivity index (χ1) is 9.43. The van der Waals surface area contributed by atoms with E-state index in [1.54, 1.807) is 0 Å². The van der Waals surface area contributed by atoms with Crippen molar-refractivity contribution < 1.29 is 0 Å². The van der Waals surface area contributed by atoms with E-state index in [0.717, 1.165) is 12.4 Å². The van der Waals surface area contributed by atoms with Gasteiger partial charge in [0.05, 0.1) is 6.04 Å². The fourth-order valence-corrected chi connectivity index (χ4v) is 3.16. The summed E-state index contributed by atoms with van der Waals surface area (Å²) in [5.41, 5.74) is 2.55. The van der Waals surface area contributed by atoms with E-state index in [1.165, 1.54) is 24.1 Å². The molecule has 1 aliphatic carbocycles. The number of rotatable bonds is 1. The van der Waals surface area contributed by atoms with E-state index < -0.39 is 0 Å². The molecule has 1 aliphatic heterocycles. The van der Waals surface area contributed by atoms with Gasteiger partial charge < -0.3 is 5.32 Å². The predicted octanol–water partition coefficient (Wildman–Crippen LogP) is 2.37. The van der Waals surface area contributed by atoms with Gasteiger partial charge in [-0.2, -0.15) is 0 Å². The molecule has 0 saturated heterocycles. The molecular formula is C14H15N5. The number of tetrazole rings is 1. The molecule has 0 saturated carbocycles. The minimum atomic E-state index is 0.207. The zero-order chi connectivity index (χ0) is 12.7. The number of aromatic nitrogens is 4. The van der Waals surface area contributed by atoms with Crippen LogP contribution in [0.3, 0.4) is 0 Å². The highest BCUT2D eigenvalue weighted by molar-refractivity contribution is 5.43. The molecule has 2 atom stereocenters. The molecule has 2 aliphatic rings. The highest BCUT2D eigenvalue weighted by Gasteiger charge is 2.36. The number of allylic oxidation sites excluding steroid dienone is 2. The van der Waals surface area contributed by atoms with Gasteiger partial charge >= 0.3 is 0 Å². The van der Waals surface area contributed by atoms with Crippen LogP contribution in [0.2, 0.25) is 0 Å². The summed E-state index contributed by atoms with van der Waals surface area (Å²) in [6.45, 7) is 0. The molecule has 2 heterocycles. The fourth-order valence-electron chi connectivity index (χ4n) is 3.16. The molecule has 5 heteroatoms. The molecule has 0 fully saturated rings. The molecule has 1 aromatic heterocycles. The Kier molecular flexibility index (Phi) is 2.36. The number of anilines is 1. The van der Waals surface area contributed by atoms with Crippen molar-refractivity contribution in [1.82, 2.24) is 20.2 Å². The Hall–Kier alpha value is -2.17. The van der Waals surface area contributed by atoms with E-state index in [4.69, 9.17) is 0 Å². The number of hydrogen-bond acceptors (Lipinski definition) is 4. The normalized spacial score (nSPS) is 24.9. The molecular weight excluding hydrogens is 238 g/mol. The van der Waals surface area contributed by atoms with E-state index in [2.05, 4.69) is 51.2 Å². The lowest BCUT2D eigenvalue weighted by molar-refractivity contribution is 0.341. The molecule has 0 amide bonds. The summed E-state index contributed by atoms with van der Waals surface area (Å²) in [7, 11) is 0. The summed E-state index contributed by atoms with van der Waals surface area (Å²) in [4.78, 5) is 0. The van der Waals surface area contributed by atoms with Gasteiger partial charge in [0.2, 0.25) is 5.95 Å². The van der Waals surface area contributed by atoms with Crippen LogP contribution in [0.25, 0.3) is 0 Å². The van der Waals surface area contributed by atoms with Crippen molar-refractivity contribution in [3.63, 3.8) is 0 Å². The van der Waals surface area contributed by atoms with Gasteiger partial charge in [-0.25, -0.2) is 4.68 Å². The second-order valence-electron chi connectivity index (χ2n) is 5.12. The first-order valence-corrected chi connectivity index (χ1v) is 6.73. The van der Waals surface area contributed by atoms with Gasteiger partial charge in [-0.15, -0.1) is 0 Å². The topological polar surface area (TPSA) is 55.6 Å². The van der Waals surface area contributed by atoms with Crippen LogP contribution in [-0.4, -0.2) is 20.2 Å². The Bertz CT molecular complexity index is 616. The van der Waals surface area contributed by atoms with Crippen LogP contribution >= 0.6 is 0 Å². The van der Waals surface area contributed by atoms with Crippen LogP contribution < -0.4 is 5.32 Å². The van der Waals surface area contributed by atoms with E-state index >= 15 is 0 Å². The van der Waals surface area contributed by atoms with E-state index in [9.17, 15) is 0 Å². The van der Waals surface area contributed by atoms with E-state index in [0.29, 0.717) is 5.92 Å². The number of hydrogen-bond donors (Lipinski definition) is 1. The third-order valence-electron chi connectivity index (χ3n) is 4.02. The standard InChI is InChI=1S/C14H15N5/c1-2-6-10(7-3-1)13-11-8-4-5-9-12(11)15-14-16-17-18-19(13)14/h1-3,6-7,9,11,13H,4-5,8H2,(H,15,16,18)/t11-,13+/m1/s1. The van der Waals surface area contributed by atoms with Crippen molar-refractivity contribution in [2.45, 2.75) is 25.3 Å². The summed E-state index contributed by atoms with van der Waals surface area (Å²) in [6.07, 6.45) is 5.85. The van der Waals surface area contributed by atoms with Crippen LogP contribution in [0.4, 0.5) is 5.95 Å². The zero-order valence-corrected chi connectivity index (χ0v) is 10.5. The van der Waals surface area contributed by atoms with Crippen molar-refractivity contribution in [2.75, 3.05) is 5.32 Å². The van der Waals surface area contributed by atoms with E-state index in [1.807, 2.05) is 10.7 Å². The third-order valence-corrected chi connectivity index (χ3v) is 4.02. The highest BCUT2D eigenvalue weighted by Crippen LogP contribution is 2.41. The summed E-state index contributed by atoms with van der Waals surface area (Å²) >= 11 is 0. The molecule has 96 valence electrons. The number of benzene rings is 1. The Morgan fingerprint density at radius 2 is 2.11 bits per heavy atom. The average molecular weight is 253 g/mol. The van der Waals surface area contributed by atoms with Crippen LogP contribution in [0.15, 0.2) is 42.1 Å². The van der Waals surface area contributed by atoms with Crippen LogP contribution in [0.5, 0.6) is 0 Å². The predicted molar refractivity (Wildman–Crippen MR) is 71.4 cm³/mol. The minimum Gasteiger partial charge on any atom is -0.327 e. The Morgan fingerprint density at radius 3 is 3.00 bits per heavy atom. The molecule has 0 bridgehead atoms. The number of nitrogens with one attached hydrogen (secondary N) is 1. The van der Waals surface area contributed by atoms with Gasteiger partial charge in [0, 0.05) is 11.6 Å². The largest absolute Gasteiger partial charge is 0.327 e.